The smallest absolute Gasteiger partial charge is 0.134 e. The Labute approximate surface area is 107 Å². The number of benzene rings is 1. The molecule has 1 aromatic heterocycles. The van der Waals surface area contributed by atoms with Crippen molar-refractivity contribution in [2.45, 2.75) is 37.8 Å². The molecule has 3 heteroatoms. The zero-order valence-electron chi connectivity index (χ0n) is 10.4. The van der Waals surface area contributed by atoms with E-state index in [0.29, 0.717) is 5.92 Å². The minimum atomic E-state index is -0.130. The Balaban J connectivity index is 1.85. The van der Waals surface area contributed by atoms with Gasteiger partial charge in [0.15, 0.2) is 0 Å². The van der Waals surface area contributed by atoms with E-state index in [0.717, 1.165) is 42.2 Å². The van der Waals surface area contributed by atoms with Crippen LogP contribution in [0.5, 0.6) is 0 Å². The summed E-state index contributed by atoms with van der Waals surface area (Å²) in [6.07, 6.45) is 5.40. The van der Waals surface area contributed by atoms with E-state index in [1.807, 2.05) is 18.2 Å². The molecule has 96 valence electrons. The van der Waals surface area contributed by atoms with Crippen LogP contribution in [0.4, 0.5) is 0 Å². The van der Waals surface area contributed by atoms with Crippen LogP contribution in [-0.2, 0) is 0 Å². The molecule has 3 nitrogen and oxygen atoms in total. The molecule has 3 rings (SSSR count). The maximum absolute atomic E-state index is 9.55. The molecule has 1 unspecified atom stereocenters. The number of aliphatic hydroxyl groups excluding tert-OH is 1. The number of para-hydroxylation sites is 1. The quantitative estimate of drug-likeness (QED) is 0.855. The first kappa shape index (κ1) is 11.8. The monoisotopic (exact) mass is 245 g/mol. The highest BCUT2D eigenvalue weighted by atomic mass is 16.3. The Kier molecular flexibility index (Phi) is 3.10. The van der Waals surface area contributed by atoms with Crippen LogP contribution in [0.15, 0.2) is 34.9 Å². The molecule has 1 aliphatic rings. The summed E-state index contributed by atoms with van der Waals surface area (Å²) in [4.78, 5) is 0. The maximum atomic E-state index is 9.55. The van der Waals surface area contributed by atoms with Crippen molar-refractivity contribution in [3.63, 3.8) is 0 Å². The average Bonchev–Trinajstić information content (AvgIpc) is 2.82. The number of nitrogens with two attached hydrogens (primary N) is 1. The molecule has 1 aliphatic carbocycles. The van der Waals surface area contributed by atoms with Gasteiger partial charge < -0.3 is 15.3 Å². The number of aliphatic hydroxyl groups is 1. The van der Waals surface area contributed by atoms with Crippen LogP contribution in [0.2, 0.25) is 0 Å². The highest BCUT2D eigenvalue weighted by Crippen LogP contribution is 2.36. The van der Waals surface area contributed by atoms with Crippen LogP contribution < -0.4 is 5.73 Å². The van der Waals surface area contributed by atoms with Gasteiger partial charge >= 0.3 is 0 Å². The number of rotatable bonds is 2. The zero-order chi connectivity index (χ0) is 12.5. The van der Waals surface area contributed by atoms with Gasteiger partial charge in [-0.15, -0.1) is 0 Å². The molecule has 0 aliphatic heterocycles. The van der Waals surface area contributed by atoms with Crippen molar-refractivity contribution in [1.29, 1.82) is 0 Å². The van der Waals surface area contributed by atoms with E-state index in [-0.39, 0.29) is 12.1 Å². The van der Waals surface area contributed by atoms with Gasteiger partial charge in [-0.1, -0.05) is 18.2 Å². The van der Waals surface area contributed by atoms with Crippen molar-refractivity contribution < 1.29 is 9.52 Å². The van der Waals surface area contributed by atoms with Gasteiger partial charge in [0.25, 0.3) is 0 Å². The minimum Gasteiger partial charge on any atom is -0.464 e. The van der Waals surface area contributed by atoms with E-state index in [1.165, 1.54) is 0 Å². The lowest BCUT2D eigenvalue weighted by molar-refractivity contribution is 0.102. The van der Waals surface area contributed by atoms with Crippen molar-refractivity contribution >= 4 is 11.0 Å². The van der Waals surface area contributed by atoms with Crippen LogP contribution in [0.25, 0.3) is 11.0 Å². The van der Waals surface area contributed by atoms with Crippen molar-refractivity contribution in [3.05, 3.63) is 36.1 Å². The summed E-state index contributed by atoms with van der Waals surface area (Å²) in [6, 6.07) is 8.03. The second-order valence-corrected chi connectivity index (χ2v) is 5.28. The average molecular weight is 245 g/mol. The highest BCUT2D eigenvalue weighted by Gasteiger charge is 2.27. The Morgan fingerprint density at radius 1 is 1.17 bits per heavy atom. The normalized spacial score (nSPS) is 26.3. The van der Waals surface area contributed by atoms with Crippen LogP contribution in [0.1, 0.15) is 37.3 Å². The fourth-order valence-electron chi connectivity index (χ4n) is 2.97. The third kappa shape index (κ3) is 2.04. The summed E-state index contributed by atoms with van der Waals surface area (Å²) < 4.78 is 5.55. The molecule has 1 aromatic carbocycles. The predicted octanol–water partition coefficient (Wildman–Crippen LogP) is 2.98. The molecule has 0 spiro atoms. The van der Waals surface area contributed by atoms with Crippen molar-refractivity contribution in [1.82, 2.24) is 0 Å². The number of hydrogen-bond acceptors (Lipinski definition) is 3. The summed E-state index contributed by atoms with van der Waals surface area (Å²) in [5, 5.41) is 10.7. The molecule has 1 saturated carbocycles. The van der Waals surface area contributed by atoms with Crippen molar-refractivity contribution in [3.8, 4) is 0 Å². The molecule has 0 bridgehead atoms. The first-order valence-corrected chi connectivity index (χ1v) is 6.65. The Morgan fingerprint density at radius 3 is 2.67 bits per heavy atom. The number of hydrogen-bond donors (Lipinski definition) is 2. The lowest BCUT2D eigenvalue weighted by Crippen LogP contribution is -2.27. The van der Waals surface area contributed by atoms with Crippen LogP contribution in [0.3, 0.4) is 0 Å². The van der Waals surface area contributed by atoms with E-state index in [9.17, 15) is 5.11 Å². The Morgan fingerprint density at radius 2 is 1.89 bits per heavy atom. The molecule has 0 amide bonds. The Hall–Kier alpha value is -1.32. The van der Waals surface area contributed by atoms with Gasteiger partial charge in [0, 0.05) is 17.0 Å². The molecule has 1 atom stereocenters. The van der Waals surface area contributed by atoms with Crippen LogP contribution in [0, 0.1) is 5.92 Å². The van der Waals surface area contributed by atoms with Crippen molar-refractivity contribution in [2.75, 3.05) is 0 Å². The van der Waals surface area contributed by atoms with E-state index < -0.39 is 0 Å². The van der Waals surface area contributed by atoms with Crippen molar-refractivity contribution in [2.24, 2.45) is 11.7 Å². The van der Waals surface area contributed by atoms with E-state index in [2.05, 4.69) is 6.07 Å². The third-order valence-corrected chi connectivity index (χ3v) is 4.12. The molecule has 0 saturated heterocycles. The van der Waals surface area contributed by atoms with E-state index in [4.69, 9.17) is 10.2 Å². The fraction of sp³-hybridized carbons (Fsp3) is 0.467. The molecule has 1 fully saturated rings. The summed E-state index contributed by atoms with van der Waals surface area (Å²) in [7, 11) is 0. The standard InChI is InChI=1S/C15H19NO2/c16-15(10-5-7-11(17)8-6-10)13-9-18-14-4-2-1-3-12(13)14/h1-4,9-11,15,17H,5-8,16H2. The van der Waals surface area contributed by atoms with Crippen LogP contribution >= 0.6 is 0 Å². The van der Waals surface area contributed by atoms with Gasteiger partial charge in [-0.3, -0.25) is 0 Å². The maximum Gasteiger partial charge on any atom is 0.134 e. The molecule has 0 radical (unpaired) electrons. The summed E-state index contributed by atoms with van der Waals surface area (Å²) in [5.74, 6) is 0.453. The summed E-state index contributed by atoms with van der Waals surface area (Å²) in [5.41, 5.74) is 8.39. The molecular weight excluding hydrogens is 226 g/mol. The topological polar surface area (TPSA) is 59.4 Å². The lowest BCUT2D eigenvalue weighted by atomic mass is 9.80. The second-order valence-electron chi connectivity index (χ2n) is 5.28. The number of furan rings is 1. The largest absolute Gasteiger partial charge is 0.464 e. The molecule has 2 aromatic rings. The van der Waals surface area contributed by atoms with Gasteiger partial charge in [-0.05, 0) is 37.7 Å². The fourth-order valence-corrected chi connectivity index (χ4v) is 2.97. The molecular formula is C15H19NO2. The highest BCUT2D eigenvalue weighted by molar-refractivity contribution is 5.81. The second kappa shape index (κ2) is 4.75. The summed E-state index contributed by atoms with van der Waals surface area (Å²) >= 11 is 0. The zero-order valence-corrected chi connectivity index (χ0v) is 10.4. The third-order valence-electron chi connectivity index (χ3n) is 4.12. The first-order valence-electron chi connectivity index (χ1n) is 6.65. The van der Waals surface area contributed by atoms with Gasteiger partial charge in [0.2, 0.25) is 0 Å². The molecule has 3 N–H and O–H groups in total. The summed E-state index contributed by atoms with van der Waals surface area (Å²) in [6.45, 7) is 0. The molecule has 1 heterocycles. The lowest BCUT2D eigenvalue weighted by Gasteiger charge is -2.29. The van der Waals surface area contributed by atoms with E-state index in [1.54, 1.807) is 6.26 Å². The van der Waals surface area contributed by atoms with Gasteiger partial charge in [-0.2, -0.15) is 0 Å². The molecule has 18 heavy (non-hydrogen) atoms. The predicted molar refractivity (Wildman–Crippen MR) is 71.1 cm³/mol. The number of fused-ring (bicyclic) bond motifs is 1. The van der Waals surface area contributed by atoms with Gasteiger partial charge in [0.05, 0.1) is 12.4 Å². The van der Waals surface area contributed by atoms with E-state index >= 15 is 0 Å². The van der Waals surface area contributed by atoms with Gasteiger partial charge in [0.1, 0.15) is 5.58 Å². The first-order chi connectivity index (χ1) is 8.75. The SMILES string of the molecule is NC(c1coc2ccccc12)C1CCC(O)CC1. The van der Waals surface area contributed by atoms with Crippen LogP contribution in [-0.4, -0.2) is 11.2 Å². The minimum absolute atomic E-state index is 0.0150. The Bertz CT molecular complexity index is 526. The van der Waals surface area contributed by atoms with Gasteiger partial charge in [-0.25, -0.2) is 0 Å².